The molecule has 7 nitrogen and oxygen atoms in total. The fourth-order valence-corrected chi connectivity index (χ4v) is 1.61. The zero-order chi connectivity index (χ0) is 11.4. The molecular formula is C7H12N4O3S. The highest BCUT2D eigenvalue weighted by molar-refractivity contribution is 7.90. The molecule has 4 N–H and O–H groups in total. The van der Waals surface area contributed by atoms with Gasteiger partial charge in [-0.1, -0.05) is 0 Å². The van der Waals surface area contributed by atoms with Crippen LogP contribution in [0.5, 0.6) is 0 Å². The molecule has 0 radical (unpaired) electrons. The molecule has 15 heavy (non-hydrogen) atoms. The van der Waals surface area contributed by atoms with Crippen molar-refractivity contribution in [1.29, 1.82) is 0 Å². The summed E-state index contributed by atoms with van der Waals surface area (Å²) < 4.78 is 14.7. The van der Waals surface area contributed by atoms with Gasteiger partial charge in [-0.3, -0.25) is 4.68 Å². The van der Waals surface area contributed by atoms with E-state index < -0.39 is 23.5 Å². The van der Waals surface area contributed by atoms with E-state index in [4.69, 9.17) is 10.8 Å². The monoisotopic (exact) mass is 232 g/mol. The Balaban J connectivity index is 2.62. The third-order valence-corrected chi connectivity index (χ3v) is 2.43. The average Bonchev–Trinajstić information content (AvgIpc) is 2.50. The number of carbonyl (C=O) groups excluding carboxylic acids is 1. The Morgan fingerprint density at radius 2 is 2.60 bits per heavy atom. The highest BCUT2D eigenvalue weighted by atomic mass is 32.2. The molecule has 0 aliphatic rings. The lowest BCUT2D eigenvalue weighted by atomic mass is 10.4. The number of aromatic nitrogens is 2. The summed E-state index contributed by atoms with van der Waals surface area (Å²) in [5, 5.41) is 13.2. The molecule has 0 saturated heterocycles. The number of nitrogens with one attached hydrogen (secondary N) is 1. The van der Waals surface area contributed by atoms with Crippen molar-refractivity contribution < 1.29 is 14.5 Å². The van der Waals surface area contributed by atoms with Crippen molar-refractivity contribution >= 4 is 17.4 Å². The molecule has 1 unspecified atom stereocenters. The number of rotatable bonds is 4. The number of amides is 2. The number of hydrogen-bond donors (Lipinski definition) is 3. The topological polar surface area (TPSA) is 116 Å². The fourth-order valence-electron chi connectivity index (χ4n) is 0.958. The lowest BCUT2D eigenvalue weighted by Gasteiger charge is -2.05. The zero-order valence-corrected chi connectivity index (χ0v) is 8.90. The molecule has 1 heterocycles. The molecule has 1 aromatic rings. The van der Waals surface area contributed by atoms with Gasteiger partial charge in [0.05, 0.1) is 12.6 Å². The van der Waals surface area contributed by atoms with Crippen molar-refractivity contribution in [2.24, 2.45) is 5.73 Å². The molecule has 1 rings (SSSR count). The van der Waals surface area contributed by atoms with Crippen LogP contribution in [0.1, 0.15) is 6.92 Å². The van der Waals surface area contributed by atoms with E-state index in [1.54, 1.807) is 13.1 Å². The second-order valence-corrected chi connectivity index (χ2v) is 4.12. The Bertz CT molecular complexity index is 341. The van der Waals surface area contributed by atoms with Crippen molar-refractivity contribution in [3.63, 3.8) is 0 Å². The number of hydrogen-bond acceptors (Lipinski definition) is 4. The number of aliphatic hydroxyl groups is 1. The third-order valence-electron chi connectivity index (χ3n) is 1.45. The van der Waals surface area contributed by atoms with Crippen LogP contribution in [-0.2, 0) is 17.9 Å². The van der Waals surface area contributed by atoms with E-state index in [9.17, 15) is 9.35 Å². The van der Waals surface area contributed by atoms with Crippen LogP contribution in [0.3, 0.4) is 0 Å². The highest BCUT2D eigenvalue weighted by Crippen LogP contribution is 2.04. The van der Waals surface area contributed by atoms with Crippen LogP contribution in [0, 0.1) is 0 Å². The van der Waals surface area contributed by atoms with Crippen molar-refractivity contribution in [1.82, 2.24) is 14.5 Å². The number of aliphatic hydroxyl groups excluding tert-OH is 1. The van der Waals surface area contributed by atoms with Gasteiger partial charge in [-0.25, -0.2) is 4.79 Å². The predicted molar refractivity (Wildman–Crippen MR) is 53.0 cm³/mol. The molecule has 2 atom stereocenters. The van der Waals surface area contributed by atoms with Crippen LogP contribution in [-0.4, -0.2) is 31.6 Å². The average molecular weight is 232 g/mol. The van der Waals surface area contributed by atoms with E-state index in [1.165, 1.54) is 10.7 Å². The first-order valence-electron chi connectivity index (χ1n) is 4.18. The van der Waals surface area contributed by atoms with Crippen LogP contribution in [0.4, 0.5) is 4.79 Å². The summed E-state index contributed by atoms with van der Waals surface area (Å²) in [6, 6.07) is 0.604. The number of nitrogens with zero attached hydrogens (tertiary/aromatic N) is 2. The molecule has 1 aromatic heterocycles. The Morgan fingerprint density at radius 3 is 3.13 bits per heavy atom. The van der Waals surface area contributed by atoms with Crippen LogP contribution in [0.25, 0.3) is 0 Å². The number of nitrogens with two attached hydrogens (primary N) is 1. The molecule has 84 valence electrons. The summed E-state index contributed by atoms with van der Waals surface area (Å²) >= 11 is -1.75. The summed E-state index contributed by atoms with van der Waals surface area (Å²) in [7, 11) is 0. The maximum atomic E-state index is 11.3. The summed E-state index contributed by atoms with van der Waals surface area (Å²) in [6.45, 7) is 1.91. The van der Waals surface area contributed by atoms with Gasteiger partial charge in [-0.15, -0.1) is 9.82 Å². The first-order valence-corrected chi connectivity index (χ1v) is 5.33. The maximum absolute atomic E-state index is 11.3. The van der Waals surface area contributed by atoms with Crippen LogP contribution in [0.2, 0.25) is 0 Å². The zero-order valence-electron chi connectivity index (χ0n) is 8.08. The minimum Gasteiger partial charge on any atom is -0.586 e. The third kappa shape index (κ3) is 3.78. The quantitative estimate of drug-likeness (QED) is 0.574. The Labute approximate surface area is 89.6 Å². The largest absolute Gasteiger partial charge is 0.586 e. The Morgan fingerprint density at radius 1 is 1.93 bits per heavy atom. The van der Waals surface area contributed by atoms with Gasteiger partial charge in [0, 0.05) is 12.3 Å². The van der Waals surface area contributed by atoms with Gasteiger partial charge >= 0.3 is 6.03 Å². The second kappa shape index (κ2) is 5.01. The van der Waals surface area contributed by atoms with Gasteiger partial charge in [0.25, 0.3) is 5.03 Å². The summed E-state index contributed by atoms with van der Waals surface area (Å²) in [5.74, 6) is 0. The predicted octanol–water partition coefficient (Wildman–Crippen LogP) is -1.05. The molecule has 0 aromatic carbocycles. The second-order valence-electron chi connectivity index (χ2n) is 2.96. The van der Waals surface area contributed by atoms with Crippen molar-refractivity contribution in [2.45, 2.75) is 24.6 Å². The van der Waals surface area contributed by atoms with Gasteiger partial charge in [-0.05, 0) is 6.92 Å². The summed E-state index contributed by atoms with van der Waals surface area (Å²) in [5.41, 5.74) is 4.80. The van der Waals surface area contributed by atoms with Gasteiger partial charge in [0.2, 0.25) is 0 Å². The van der Waals surface area contributed by atoms with Crippen LogP contribution in [0.15, 0.2) is 17.3 Å². The summed E-state index contributed by atoms with van der Waals surface area (Å²) in [6.07, 6.45) is 1.01. The normalized spacial score (nSPS) is 14.6. The maximum Gasteiger partial charge on any atom is 0.354 e. The highest BCUT2D eigenvalue weighted by Gasteiger charge is 2.17. The van der Waals surface area contributed by atoms with E-state index in [2.05, 4.69) is 5.10 Å². The van der Waals surface area contributed by atoms with Gasteiger partial charge < -0.3 is 15.4 Å². The van der Waals surface area contributed by atoms with E-state index >= 15 is 0 Å². The Kier molecular flexibility index (Phi) is 3.95. The van der Waals surface area contributed by atoms with E-state index in [0.717, 1.165) is 0 Å². The molecule has 0 fully saturated rings. The van der Waals surface area contributed by atoms with E-state index in [-0.39, 0.29) is 5.03 Å². The molecule has 2 amide bonds. The van der Waals surface area contributed by atoms with Gasteiger partial charge in [-0.2, -0.15) is 0 Å². The number of urea groups is 1. The van der Waals surface area contributed by atoms with Crippen molar-refractivity contribution in [3.05, 3.63) is 12.3 Å². The summed E-state index contributed by atoms with van der Waals surface area (Å²) in [4.78, 5) is 10.4. The molecule has 0 aliphatic carbocycles. The lowest BCUT2D eigenvalue weighted by Crippen LogP contribution is -2.35. The minimum atomic E-state index is -1.75. The first-order chi connectivity index (χ1) is 6.99. The fraction of sp³-hybridized carbons (Fsp3) is 0.429. The first kappa shape index (κ1) is 11.8. The molecule has 8 heteroatoms. The van der Waals surface area contributed by atoms with Gasteiger partial charge in [0.15, 0.2) is 0 Å². The number of carbonyl (C=O) groups is 1. The standard InChI is InChI=1S/C7H12N4O3S/c1-5(12)4-11-3-2-6(9-11)15(14)10-7(8)13/h2-3,5,12H,4H2,1H3,(H3,8,10,13)/t5-,15?/m1/s1. The molecule has 0 aliphatic heterocycles. The Hall–Kier alpha value is -1.25. The lowest BCUT2D eigenvalue weighted by molar-refractivity contribution is 0.168. The van der Waals surface area contributed by atoms with E-state index in [0.29, 0.717) is 6.54 Å². The smallest absolute Gasteiger partial charge is 0.354 e. The van der Waals surface area contributed by atoms with E-state index in [1.807, 2.05) is 4.72 Å². The molecule has 0 spiro atoms. The SMILES string of the molecule is C[C@@H](O)Cn1ccc([S+]([O-])NC(N)=O)n1. The molecule has 0 bridgehead atoms. The van der Waals surface area contributed by atoms with Crippen LogP contribution >= 0.6 is 0 Å². The van der Waals surface area contributed by atoms with Crippen molar-refractivity contribution in [3.8, 4) is 0 Å². The van der Waals surface area contributed by atoms with Gasteiger partial charge in [0.1, 0.15) is 11.4 Å². The molecule has 0 saturated carbocycles. The molecular weight excluding hydrogens is 220 g/mol. The van der Waals surface area contributed by atoms with Crippen molar-refractivity contribution in [2.75, 3.05) is 0 Å². The van der Waals surface area contributed by atoms with Crippen LogP contribution < -0.4 is 10.5 Å². The number of primary amides is 1. The minimum absolute atomic E-state index is 0.189.